The molecule has 6 aliphatic heterocycles. The van der Waals surface area contributed by atoms with Gasteiger partial charge in [0.05, 0.1) is 0 Å². The third-order valence-corrected chi connectivity index (χ3v) is 21.7. The molecule has 16 rings (SSSR count). The van der Waals surface area contributed by atoms with Gasteiger partial charge in [0, 0.05) is 0 Å². The van der Waals surface area contributed by atoms with Crippen molar-refractivity contribution in [3.63, 3.8) is 0 Å². The molecule has 0 amide bonds. The Kier molecular flexibility index (Phi) is 8.93. The van der Waals surface area contributed by atoms with Crippen molar-refractivity contribution in [3.05, 3.63) is 237 Å². The normalized spacial score (nSPS) is 18.3. The first kappa shape index (κ1) is 38.5. The monoisotopic (exact) mass is 1450 g/mol. The number of rotatable bonds is 4. The fourth-order valence-corrected chi connectivity index (χ4v) is 18.1. The van der Waals surface area contributed by atoms with Crippen LogP contribution >= 0.6 is 0 Å². The van der Waals surface area contributed by atoms with E-state index in [0.29, 0.717) is 84.8 Å². The Morgan fingerprint density at radius 1 is 0.265 bits per heavy atom. The Bertz CT molecular complexity index is 4970. The first-order valence-electron chi connectivity index (χ1n) is 32.9. The van der Waals surface area contributed by atoms with E-state index in [1.54, 1.807) is 12.1 Å². The number of nitrogens with zero attached hydrogens (tertiary/aromatic N) is 11. The zero-order chi connectivity index (χ0) is 65.8. The SMILES string of the molecule is [2H]C([2H])([2H])N1[C]2=[Pt]=[C]3N(c4cc(-c5ccccc5)cc(c4)N(c4ccc(N5c6cccc(c6)N6[C](=[Pt]=[C]7N(c8cc(N(C)C)cc5c8)c5ccccc5N7C([2H])([2H])[2H])N(C([2H])([2H])[2H])c5ccccc56)cc4)c4cccc(c4)N2c2ccccc21)c1ccccc1N3C([2H])([2H])[2H]. The van der Waals surface area contributed by atoms with Crippen molar-refractivity contribution in [2.75, 3.05) is 95.9 Å². The van der Waals surface area contributed by atoms with Crippen molar-refractivity contribution in [2.45, 2.75) is 0 Å². The maximum absolute atomic E-state index is 9.23. The molecule has 0 fully saturated rings. The third kappa shape index (κ3) is 7.78. The minimum absolute atomic E-state index is 0.450. The van der Waals surface area contributed by atoms with Crippen molar-refractivity contribution in [1.82, 2.24) is 0 Å². The summed E-state index contributed by atoms with van der Waals surface area (Å²) in [6.07, 6.45) is 0. The third-order valence-electron chi connectivity index (χ3n) is 15.6. The fourth-order valence-electron chi connectivity index (χ4n) is 11.8. The predicted molar refractivity (Wildman–Crippen MR) is 344 cm³/mol. The van der Waals surface area contributed by atoms with Crippen molar-refractivity contribution in [2.24, 2.45) is 0 Å². The molecule has 83 heavy (non-hydrogen) atoms. The van der Waals surface area contributed by atoms with Crippen molar-refractivity contribution in [1.29, 1.82) is 0 Å². The van der Waals surface area contributed by atoms with Crippen LogP contribution in [0.3, 0.4) is 0 Å². The fraction of sp³-hybridized carbons (Fsp3) is 0.0857. The molecule has 0 spiro atoms. The van der Waals surface area contributed by atoms with Gasteiger partial charge in [-0.3, -0.25) is 0 Å². The molecule has 8 bridgehead atoms. The van der Waals surface area contributed by atoms with Crippen LogP contribution in [0.5, 0.6) is 0 Å². The molecule has 10 aromatic carbocycles. The second kappa shape index (κ2) is 19.2. The summed E-state index contributed by atoms with van der Waals surface area (Å²) in [5.74, 6) is 0. The van der Waals surface area contributed by atoms with Gasteiger partial charge >= 0.3 is 520 Å². The van der Waals surface area contributed by atoms with Crippen LogP contribution in [0, 0.1) is 0 Å². The predicted octanol–water partition coefficient (Wildman–Crippen LogP) is 15.3. The van der Waals surface area contributed by atoms with E-state index in [2.05, 4.69) is 76.5 Å². The minimum atomic E-state index is -2.68. The van der Waals surface area contributed by atoms with E-state index >= 15 is 0 Å². The van der Waals surface area contributed by atoms with Crippen molar-refractivity contribution in [3.8, 4) is 11.1 Å². The average molecular weight is 1450 g/mol. The van der Waals surface area contributed by atoms with Gasteiger partial charge < -0.3 is 0 Å². The van der Waals surface area contributed by atoms with Gasteiger partial charge in [0.15, 0.2) is 0 Å². The van der Waals surface area contributed by atoms with Crippen LogP contribution in [0.4, 0.5) is 108 Å². The Morgan fingerprint density at radius 2 is 0.566 bits per heavy atom. The molecule has 11 nitrogen and oxygen atoms in total. The van der Waals surface area contributed by atoms with E-state index in [4.69, 9.17) is 4.11 Å². The first-order valence-corrected chi connectivity index (χ1v) is 31.4. The Morgan fingerprint density at radius 3 is 0.940 bits per heavy atom. The molecular weight excluding hydrogens is 1390 g/mol. The van der Waals surface area contributed by atoms with Crippen LogP contribution in [0.1, 0.15) is 16.4 Å². The maximum atomic E-state index is 9.23. The van der Waals surface area contributed by atoms with Crippen LogP contribution in [0.15, 0.2) is 237 Å². The van der Waals surface area contributed by atoms with E-state index in [0.717, 1.165) is 50.9 Å². The average Bonchev–Trinajstić information content (AvgIpc) is 1.58. The van der Waals surface area contributed by atoms with Gasteiger partial charge in [-0.05, 0) is 0 Å². The summed E-state index contributed by atoms with van der Waals surface area (Å²) in [5.41, 5.74) is 14.3. The van der Waals surface area contributed by atoms with Crippen LogP contribution in [-0.2, 0) is 35.3 Å². The Hall–Kier alpha value is -9.14. The summed E-state index contributed by atoms with van der Waals surface area (Å²) in [6, 6.07) is 76.6. The van der Waals surface area contributed by atoms with Crippen molar-refractivity contribution < 1.29 is 51.7 Å². The molecule has 0 saturated carbocycles. The molecule has 0 radical (unpaired) electrons. The standard InChI is InChI=1S/C70H57N11.2Pt/c1-71(2)58-42-60(79-49-75(6)66-29-13-17-33-70(66)79)45-62(43-58)81(57-25-19-23-55(41-57)77-47-73(4)64-27-11-15-31-68(64)77)53-36-34-52(35-37-53)80(56-24-18-22-54(40-56)76-46-72(3)63-26-10-14-30-67(63)76)61-39-51(50-20-8-7-9-21-50)38-59(44-61)78-48-74(5)65-28-12-16-32-69(65)78;;/h7-45H,1-6H3;;/i3D3,4D3,5D3,6D3;;. The molecule has 6 heterocycles. The number of anilines is 19. The number of hydrogen-bond donors (Lipinski definition) is 0. The summed E-state index contributed by atoms with van der Waals surface area (Å²) in [6.45, 7) is -10.7. The van der Waals surface area contributed by atoms with Gasteiger partial charge in [0.2, 0.25) is 0 Å². The second-order valence-electron chi connectivity index (χ2n) is 20.7. The molecule has 0 saturated heterocycles. The summed E-state index contributed by atoms with van der Waals surface area (Å²) in [7, 11) is 3.94. The zero-order valence-corrected chi connectivity index (χ0v) is 49.1. The zero-order valence-electron chi connectivity index (χ0n) is 56.6. The number of fused-ring (bicyclic) bond motifs is 24. The van der Waals surface area contributed by atoms with Crippen LogP contribution in [-0.4, -0.2) is 58.6 Å². The first-order chi connectivity index (χ1) is 45.5. The van der Waals surface area contributed by atoms with Gasteiger partial charge in [-0.2, -0.15) is 0 Å². The topological polar surface area (TPSA) is 35.6 Å². The Labute approximate surface area is 517 Å². The van der Waals surface area contributed by atoms with Gasteiger partial charge in [0.25, 0.3) is 0 Å². The molecule has 6 aliphatic rings. The molecule has 13 heteroatoms. The van der Waals surface area contributed by atoms with Gasteiger partial charge in [-0.15, -0.1) is 0 Å². The number of benzene rings is 10. The summed E-state index contributed by atoms with van der Waals surface area (Å²) < 4.78 is 112. The summed E-state index contributed by atoms with van der Waals surface area (Å²) in [4.78, 5) is 20.0. The van der Waals surface area contributed by atoms with Crippen LogP contribution < -0.4 is 53.9 Å². The van der Waals surface area contributed by atoms with Crippen LogP contribution in [0.2, 0.25) is 0 Å². The van der Waals surface area contributed by atoms with E-state index in [9.17, 15) is 12.3 Å². The van der Waals surface area contributed by atoms with E-state index in [1.165, 1.54) is 19.6 Å². The number of hydrogen-bond acceptors (Lipinski definition) is 11. The van der Waals surface area contributed by atoms with Crippen LogP contribution in [0.25, 0.3) is 11.1 Å². The molecular formula is C70H57N11Pt2. The molecule has 0 atom stereocenters. The quantitative estimate of drug-likeness (QED) is 0.169. The molecule has 0 aromatic heterocycles. The van der Waals surface area contributed by atoms with Crippen molar-refractivity contribution >= 4 is 125 Å². The molecule has 10 aromatic rings. The molecule has 0 aliphatic carbocycles. The molecule has 0 N–H and O–H groups in total. The van der Waals surface area contributed by atoms with Gasteiger partial charge in [-0.25, -0.2) is 0 Å². The van der Waals surface area contributed by atoms with Gasteiger partial charge in [0.1, 0.15) is 0 Å². The molecule has 412 valence electrons. The second-order valence-corrected chi connectivity index (χ2v) is 25.9. The number of para-hydroxylation sites is 8. The van der Waals surface area contributed by atoms with E-state index in [1.807, 2.05) is 196 Å². The van der Waals surface area contributed by atoms with E-state index < -0.39 is 63.2 Å². The summed E-state index contributed by atoms with van der Waals surface area (Å²) >= 11 is -3.41. The summed E-state index contributed by atoms with van der Waals surface area (Å²) in [5, 5.41) is 0. The van der Waals surface area contributed by atoms with Gasteiger partial charge in [-0.1, -0.05) is 0 Å². The molecule has 0 unspecified atom stereocenters. The Balaban J connectivity index is 0.940. The van der Waals surface area contributed by atoms with E-state index in [-0.39, 0.29) is 0 Å².